The summed E-state index contributed by atoms with van der Waals surface area (Å²) >= 11 is 5.93. The standard InChI is InChI=1S/C20H25ClN2O/c1-15(2)16-4-3-5-18(12-16)23-11-10-22-13-19(23)14-24-20-8-6-17(21)7-9-20/h3-9,12,15,19,22H,10-11,13-14H2,1-2H3. The van der Waals surface area contributed by atoms with E-state index >= 15 is 0 Å². The van der Waals surface area contributed by atoms with Crippen LogP contribution in [0.5, 0.6) is 5.75 Å². The number of hydrogen-bond acceptors (Lipinski definition) is 3. The Kier molecular flexibility index (Phi) is 5.64. The van der Waals surface area contributed by atoms with Gasteiger partial charge in [-0.3, -0.25) is 0 Å². The van der Waals surface area contributed by atoms with Gasteiger partial charge in [0.25, 0.3) is 0 Å². The van der Waals surface area contributed by atoms with Crippen LogP contribution < -0.4 is 15.0 Å². The molecule has 0 saturated carbocycles. The third-order valence-corrected chi connectivity index (χ3v) is 4.73. The van der Waals surface area contributed by atoms with E-state index in [1.807, 2.05) is 24.3 Å². The lowest BCUT2D eigenvalue weighted by atomic mass is 10.0. The zero-order valence-corrected chi connectivity index (χ0v) is 15.1. The number of halogens is 1. The lowest BCUT2D eigenvalue weighted by molar-refractivity contribution is 0.267. The summed E-state index contributed by atoms with van der Waals surface area (Å²) in [5, 5.41) is 4.20. The monoisotopic (exact) mass is 344 g/mol. The highest BCUT2D eigenvalue weighted by molar-refractivity contribution is 6.30. The fraction of sp³-hybridized carbons (Fsp3) is 0.400. The molecule has 1 aliphatic heterocycles. The van der Waals surface area contributed by atoms with Crippen LogP contribution in [-0.4, -0.2) is 32.3 Å². The van der Waals surface area contributed by atoms with Crippen molar-refractivity contribution < 1.29 is 4.74 Å². The highest BCUT2D eigenvalue weighted by Crippen LogP contribution is 2.24. The van der Waals surface area contributed by atoms with Crippen LogP contribution in [0.3, 0.4) is 0 Å². The van der Waals surface area contributed by atoms with Gasteiger partial charge >= 0.3 is 0 Å². The first-order valence-corrected chi connectivity index (χ1v) is 8.97. The van der Waals surface area contributed by atoms with Crippen LogP contribution >= 0.6 is 11.6 Å². The molecule has 0 bridgehead atoms. The van der Waals surface area contributed by atoms with Gasteiger partial charge in [0.05, 0.1) is 6.04 Å². The maximum atomic E-state index is 5.99. The van der Waals surface area contributed by atoms with Gasteiger partial charge in [-0.2, -0.15) is 0 Å². The molecule has 1 fully saturated rings. The van der Waals surface area contributed by atoms with E-state index < -0.39 is 0 Å². The minimum absolute atomic E-state index is 0.317. The average molecular weight is 345 g/mol. The molecule has 1 aliphatic rings. The van der Waals surface area contributed by atoms with E-state index in [-0.39, 0.29) is 0 Å². The molecule has 3 nitrogen and oxygen atoms in total. The van der Waals surface area contributed by atoms with Gasteiger partial charge < -0.3 is 15.0 Å². The van der Waals surface area contributed by atoms with Crippen molar-refractivity contribution in [3.63, 3.8) is 0 Å². The molecule has 128 valence electrons. The first-order valence-electron chi connectivity index (χ1n) is 8.59. The Morgan fingerprint density at radius 1 is 1.21 bits per heavy atom. The zero-order chi connectivity index (χ0) is 16.9. The maximum Gasteiger partial charge on any atom is 0.119 e. The van der Waals surface area contributed by atoms with Crippen molar-refractivity contribution in [3.05, 3.63) is 59.1 Å². The van der Waals surface area contributed by atoms with Crippen LogP contribution in [-0.2, 0) is 0 Å². The Morgan fingerprint density at radius 3 is 2.75 bits per heavy atom. The van der Waals surface area contributed by atoms with E-state index in [9.17, 15) is 0 Å². The first-order chi connectivity index (χ1) is 11.6. The van der Waals surface area contributed by atoms with Gasteiger partial charge in [-0.05, 0) is 47.9 Å². The molecule has 3 rings (SSSR count). The van der Waals surface area contributed by atoms with Crippen molar-refractivity contribution >= 4 is 17.3 Å². The Labute approximate surface area is 149 Å². The van der Waals surface area contributed by atoms with Crippen molar-refractivity contribution in [1.82, 2.24) is 5.32 Å². The summed E-state index contributed by atoms with van der Waals surface area (Å²) in [7, 11) is 0. The molecule has 24 heavy (non-hydrogen) atoms. The number of piperazine rings is 1. The molecule has 0 spiro atoms. The third kappa shape index (κ3) is 4.22. The molecule has 0 aromatic heterocycles. The molecule has 2 aromatic rings. The number of rotatable bonds is 5. The molecule has 1 heterocycles. The molecule has 1 unspecified atom stereocenters. The minimum Gasteiger partial charge on any atom is -0.491 e. The highest BCUT2D eigenvalue weighted by atomic mass is 35.5. The third-order valence-electron chi connectivity index (χ3n) is 4.47. The average Bonchev–Trinajstić information content (AvgIpc) is 2.61. The van der Waals surface area contributed by atoms with E-state index in [2.05, 4.69) is 48.3 Å². The smallest absolute Gasteiger partial charge is 0.119 e. The van der Waals surface area contributed by atoms with E-state index in [0.717, 1.165) is 30.4 Å². The number of benzene rings is 2. The SMILES string of the molecule is CC(C)c1cccc(N2CCNCC2COc2ccc(Cl)cc2)c1. The number of nitrogens with zero attached hydrogens (tertiary/aromatic N) is 1. The van der Waals surface area contributed by atoms with Gasteiger partial charge in [0.1, 0.15) is 12.4 Å². The quantitative estimate of drug-likeness (QED) is 0.874. The number of anilines is 1. The maximum absolute atomic E-state index is 5.99. The fourth-order valence-electron chi connectivity index (χ4n) is 3.04. The molecular formula is C20H25ClN2O. The molecule has 1 N–H and O–H groups in total. The van der Waals surface area contributed by atoms with Crippen LogP contribution in [0.2, 0.25) is 5.02 Å². The second-order valence-corrected chi connectivity index (χ2v) is 7.00. The van der Waals surface area contributed by atoms with Gasteiger partial charge in [-0.15, -0.1) is 0 Å². The van der Waals surface area contributed by atoms with Crippen LogP contribution in [0.15, 0.2) is 48.5 Å². The Balaban J connectivity index is 1.71. The summed E-state index contributed by atoms with van der Waals surface area (Å²) in [6.07, 6.45) is 0. The van der Waals surface area contributed by atoms with Gasteiger partial charge in [0.15, 0.2) is 0 Å². The minimum atomic E-state index is 0.317. The van der Waals surface area contributed by atoms with Crippen molar-refractivity contribution in [1.29, 1.82) is 0 Å². The molecule has 0 aliphatic carbocycles. The van der Waals surface area contributed by atoms with E-state index in [4.69, 9.17) is 16.3 Å². The van der Waals surface area contributed by atoms with Crippen LogP contribution in [0.4, 0.5) is 5.69 Å². The highest BCUT2D eigenvalue weighted by Gasteiger charge is 2.23. The normalized spacial score (nSPS) is 18.0. The second kappa shape index (κ2) is 7.91. The summed E-state index contributed by atoms with van der Waals surface area (Å²) in [4.78, 5) is 2.46. The second-order valence-electron chi connectivity index (χ2n) is 6.57. The van der Waals surface area contributed by atoms with Gasteiger partial charge in [0.2, 0.25) is 0 Å². The van der Waals surface area contributed by atoms with E-state index in [1.165, 1.54) is 11.3 Å². The number of nitrogens with one attached hydrogen (secondary N) is 1. The van der Waals surface area contributed by atoms with Crippen molar-refractivity contribution in [2.24, 2.45) is 0 Å². The Morgan fingerprint density at radius 2 is 2.00 bits per heavy atom. The lowest BCUT2D eigenvalue weighted by Gasteiger charge is -2.38. The Bertz CT molecular complexity index is 657. The van der Waals surface area contributed by atoms with Crippen LogP contribution in [0.1, 0.15) is 25.3 Å². The zero-order valence-electron chi connectivity index (χ0n) is 14.3. The van der Waals surface area contributed by atoms with E-state index in [1.54, 1.807) is 0 Å². The molecule has 2 aromatic carbocycles. The topological polar surface area (TPSA) is 24.5 Å². The Hall–Kier alpha value is -1.71. The molecule has 4 heteroatoms. The molecule has 0 radical (unpaired) electrons. The molecule has 0 amide bonds. The summed E-state index contributed by atoms with van der Waals surface area (Å²) in [5.74, 6) is 1.40. The van der Waals surface area contributed by atoms with Gasteiger partial charge in [-0.25, -0.2) is 0 Å². The summed E-state index contributed by atoms with van der Waals surface area (Å²) in [6, 6.07) is 16.7. The van der Waals surface area contributed by atoms with Gasteiger partial charge in [-0.1, -0.05) is 37.6 Å². The number of hydrogen-bond donors (Lipinski definition) is 1. The summed E-state index contributed by atoms with van der Waals surface area (Å²) in [5.41, 5.74) is 2.66. The molecular weight excluding hydrogens is 320 g/mol. The first kappa shape index (κ1) is 17.1. The van der Waals surface area contributed by atoms with Crippen LogP contribution in [0, 0.1) is 0 Å². The van der Waals surface area contributed by atoms with Crippen molar-refractivity contribution in [3.8, 4) is 5.75 Å². The van der Waals surface area contributed by atoms with Gasteiger partial charge in [0, 0.05) is 30.3 Å². The predicted octanol–water partition coefficient (Wildman–Crippen LogP) is 4.32. The van der Waals surface area contributed by atoms with Crippen molar-refractivity contribution in [2.45, 2.75) is 25.8 Å². The van der Waals surface area contributed by atoms with Crippen LogP contribution in [0.25, 0.3) is 0 Å². The predicted molar refractivity (Wildman–Crippen MR) is 101 cm³/mol. The van der Waals surface area contributed by atoms with Crippen molar-refractivity contribution in [2.75, 3.05) is 31.1 Å². The lowest BCUT2D eigenvalue weighted by Crippen LogP contribution is -2.54. The summed E-state index contributed by atoms with van der Waals surface area (Å²) < 4.78 is 5.99. The summed E-state index contributed by atoms with van der Waals surface area (Å²) in [6.45, 7) is 8.05. The molecule has 1 saturated heterocycles. The number of ether oxygens (including phenoxy) is 1. The largest absolute Gasteiger partial charge is 0.491 e. The molecule has 1 atom stereocenters. The fourth-order valence-corrected chi connectivity index (χ4v) is 3.16. The van der Waals surface area contributed by atoms with E-state index in [0.29, 0.717) is 18.6 Å².